The Kier molecular flexibility index (Phi) is 4.50. The van der Waals surface area contributed by atoms with Gasteiger partial charge in [0.1, 0.15) is 17.4 Å². The van der Waals surface area contributed by atoms with E-state index < -0.39 is 0 Å². The maximum Gasteiger partial charge on any atom is 0.324 e. The highest BCUT2D eigenvalue weighted by Crippen LogP contribution is 2.46. The zero-order valence-electron chi connectivity index (χ0n) is 18.2. The summed E-state index contributed by atoms with van der Waals surface area (Å²) < 4.78 is 20.5. The smallest absolute Gasteiger partial charge is 0.324 e. The van der Waals surface area contributed by atoms with Gasteiger partial charge in [-0.05, 0) is 60.7 Å². The molecule has 0 bridgehead atoms. The van der Waals surface area contributed by atoms with Crippen LogP contribution in [0.15, 0.2) is 30.6 Å². The second-order valence-electron chi connectivity index (χ2n) is 8.87. The summed E-state index contributed by atoms with van der Waals surface area (Å²) in [5.74, 6) is 1.89. The average molecular weight is 433 g/mol. The third-order valence-electron chi connectivity index (χ3n) is 6.80. The molecule has 6 rings (SSSR count). The highest BCUT2D eigenvalue weighted by molar-refractivity contribution is 5.88. The van der Waals surface area contributed by atoms with E-state index in [0.29, 0.717) is 24.2 Å². The second-order valence-corrected chi connectivity index (χ2v) is 8.87. The van der Waals surface area contributed by atoms with Crippen LogP contribution in [0, 0.1) is 18.7 Å². The summed E-state index contributed by atoms with van der Waals surface area (Å²) in [5.41, 5.74) is 5.49. The standard InChI is InChI=1S/C24H25FN6O/c1-13-5-16(11-27-9-13)32-24-29-20-8-17-18(6-15(25)7-19(17)26-2)22(20)23(30-24)31-4-3-14-10-28-21(14)12-31/h5-7,9,11,14,21,26,28H,3-4,8,10,12H2,1-2H3. The van der Waals surface area contributed by atoms with E-state index in [0.717, 1.165) is 71.4 Å². The molecule has 0 spiro atoms. The van der Waals surface area contributed by atoms with E-state index in [9.17, 15) is 4.39 Å². The minimum atomic E-state index is -0.266. The lowest BCUT2D eigenvalue weighted by molar-refractivity contribution is 0.196. The predicted octanol–water partition coefficient (Wildman–Crippen LogP) is 3.52. The van der Waals surface area contributed by atoms with E-state index in [2.05, 4.69) is 20.5 Å². The van der Waals surface area contributed by atoms with E-state index in [1.54, 1.807) is 18.5 Å². The van der Waals surface area contributed by atoms with Crippen molar-refractivity contribution in [1.29, 1.82) is 0 Å². The van der Waals surface area contributed by atoms with Gasteiger partial charge in [-0.2, -0.15) is 9.97 Å². The monoisotopic (exact) mass is 432 g/mol. The van der Waals surface area contributed by atoms with Crippen molar-refractivity contribution in [1.82, 2.24) is 20.3 Å². The lowest BCUT2D eigenvalue weighted by Gasteiger charge is -2.46. The number of piperidine rings is 1. The summed E-state index contributed by atoms with van der Waals surface area (Å²) in [5, 5.41) is 6.66. The number of ether oxygens (including phenoxy) is 1. The van der Waals surface area contributed by atoms with Crippen molar-refractivity contribution in [3.63, 3.8) is 0 Å². The first-order valence-corrected chi connectivity index (χ1v) is 11.1. The molecular weight excluding hydrogens is 407 g/mol. The molecule has 0 radical (unpaired) electrons. The van der Waals surface area contributed by atoms with Crippen LogP contribution in [0.2, 0.25) is 0 Å². The summed E-state index contributed by atoms with van der Waals surface area (Å²) in [6, 6.07) is 5.83. The number of aromatic nitrogens is 3. The second kappa shape index (κ2) is 7.41. The molecule has 2 aliphatic heterocycles. The number of rotatable bonds is 4. The minimum absolute atomic E-state index is 0.266. The molecule has 1 aliphatic carbocycles. The fraction of sp³-hybridized carbons (Fsp3) is 0.375. The minimum Gasteiger partial charge on any atom is -0.423 e. The normalized spacial score (nSPS) is 20.8. The number of benzene rings is 1. The van der Waals surface area contributed by atoms with Gasteiger partial charge in [0.15, 0.2) is 0 Å². The van der Waals surface area contributed by atoms with Crippen molar-refractivity contribution in [3.05, 3.63) is 53.2 Å². The van der Waals surface area contributed by atoms with Crippen molar-refractivity contribution in [2.75, 3.05) is 36.9 Å². The maximum absolute atomic E-state index is 14.5. The van der Waals surface area contributed by atoms with E-state index >= 15 is 0 Å². The van der Waals surface area contributed by atoms with Crippen LogP contribution in [0.4, 0.5) is 15.9 Å². The highest BCUT2D eigenvalue weighted by atomic mass is 19.1. The molecule has 3 aromatic rings. The number of nitrogens with zero attached hydrogens (tertiary/aromatic N) is 4. The number of halogens is 1. The van der Waals surface area contributed by atoms with Crippen LogP contribution in [-0.2, 0) is 6.42 Å². The number of hydrogen-bond acceptors (Lipinski definition) is 7. The van der Waals surface area contributed by atoms with Crippen molar-refractivity contribution < 1.29 is 9.13 Å². The molecule has 2 saturated heterocycles. The Hall–Kier alpha value is -3.26. The zero-order valence-corrected chi connectivity index (χ0v) is 18.2. The van der Waals surface area contributed by atoms with Crippen molar-refractivity contribution in [2.24, 2.45) is 5.92 Å². The lowest BCUT2D eigenvalue weighted by atomic mass is 9.85. The first-order valence-electron chi connectivity index (χ1n) is 11.1. The zero-order chi connectivity index (χ0) is 21.8. The van der Waals surface area contributed by atoms with Gasteiger partial charge in [0, 0.05) is 50.0 Å². The SMILES string of the molecule is CNc1cc(F)cc2c1Cc1nc(Oc3cncc(C)c3)nc(N3CCC4CNC4C3)c1-2. The summed E-state index contributed by atoms with van der Waals surface area (Å²) in [6.45, 7) is 4.86. The van der Waals surface area contributed by atoms with Crippen molar-refractivity contribution in [2.45, 2.75) is 25.8 Å². The Morgan fingerprint density at radius 1 is 1.22 bits per heavy atom. The Balaban J connectivity index is 1.46. The van der Waals surface area contributed by atoms with Gasteiger partial charge >= 0.3 is 6.01 Å². The van der Waals surface area contributed by atoms with Gasteiger partial charge in [-0.25, -0.2) is 4.39 Å². The predicted molar refractivity (Wildman–Crippen MR) is 121 cm³/mol. The van der Waals surface area contributed by atoms with Crippen LogP contribution >= 0.6 is 0 Å². The number of fused-ring (bicyclic) bond motifs is 4. The van der Waals surface area contributed by atoms with Crippen LogP contribution in [0.3, 0.4) is 0 Å². The van der Waals surface area contributed by atoms with Gasteiger partial charge in [-0.3, -0.25) is 4.98 Å². The van der Waals surface area contributed by atoms with Gasteiger partial charge in [0.2, 0.25) is 0 Å². The van der Waals surface area contributed by atoms with E-state index in [-0.39, 0.29) is 5.82 Å². The largest absolute Gasteiger partial charge is 0.423 e. The first-order chi connectivity index (χ1) is 15.6. The van der Waals surface area contributed by atoms with Gasteiger partial charge in [0.25, 0.3) is 0 Å². The van der Waals surface area contributed by atoms with Crippen LogP contribution in [0.1, 0.15) is 23.2 Å². The molecule has 0 amide bonds. The average Bonchev–Trinajstić information content (AvgIpc) is 3.12. The molecule has 4 heterocycles. The molecule has 2 fully saturated rings. The summed E-state index contributed by atoms with van der Waals surface area (Å²) in [4.78, 5) is 16.1. The van der Waals surface area contributed by atoms with E-state index in [1.165, 1.54) is 6.07 Å². The molecule has 2 atom stereocenters. The highest BCUT2D eigenvalue weighted by Gasteiger charge is 2.38. The third kappa shape index (κ3) is 3.17. The molecule has 32 heavy (non-hydrogen) atoms. The number of pyridine rings is 1. The van der Waals surface area contributed by atoms with Crippen LogP contribution in [0.5, 0.6) is 11.8 Å². The van der Waals surface area contributed by atoms with Crippen LogP contribution in [-0.4, -0.2) is 47.7 Å². The van der Waals surface area contributed by atoms with E-state index in [4.69, 9.17) is 14.7 Å². The molecule has 2 aromatic heterocycles. The molecule has 2 unspecified atom stereocenters. The molecule has 8 heteroatoms. The van der Waals surface area contributed by atoms with Gasteiger partial charge in [0.05, 0.1) is 11.9 Å². The molecule has 164 valence electrons. The summed E-state index contributed by atoms with van der Waals surface area (Å²) >= 11 is 0. The fourth-order valence-corrected chi connectivity index (χ4v) is 5.09. The Labute approximate surface area is 186 Å². The van der Waals surface area contributed by atoms with E-state index in [1.807, 2.05) is 20.0 Å². The molecule has 7 nitrogen and oxygen atoms in total. The van der Waals surface area contributed by atoms with Crippen molar-refractivity contribution in [3.8, 4) is 22.9 Å². The van der Waals surface area contributed by atoms with Gasteiger partial charge < -0.3 is 20.3 Å². The molecule has 0 saturated carbocycles. The Morgan fingerprint density at radius 2 is 2.12 bits per heavy atom. The Morgan fingerprint density at radius 3 is 2.88 bits per heavy atom. The number of anilines is 2. The number of hydrogen-bond donors (Lipinski definition) is 2. The van der Waals surface area contributed by atoms with Crippen molar-refractivity contribution >= 4 is 11.5 Å². The van der Waals surface area contributed by atoms with Crippen LogP contribution in [0.25, 0.3) is 11.1 Å². The number of nitrogens with one attached hydrogen (secondary N) is 2. The van der Waals surface area contributed by atoms with Gasteiger partial charge in [-0.15, -0.1) is 0 Å². The molecular formula is C24H25FN6O. The first kappa shape index (κ1) is 19.4. The topological polar surface area (TPSA) is 75.2 Å². The van der Waals surface area contributed by atoms with Gasteiger partial charge in [-0.1, -0.05) is 0 Å². The summed E-state index contributed by atoms with van der Waals surface area (Å²) in [7, 11) is 1.82. The quantitative estimate of drug-likeness (QED) is 0.511. The lowest BCUT2D eigenvalue weighted by Crippen LogP contribution is -2.62. The maximum atomic E-state index is 14.5. The Bertz CT molecular complexity index is 1220. The van der Waals surface area contributed by atoms with Crippen LogP contribution < -0.4 is 20.3 Å². The summed E-state index contributed by atoms with van der Waals surface area (Å²) in [6.07, 6.45) is 5.17. The molecule has 3 aliphatic rings. The number of aryl methyl sites for hydroxylation is 1. The fourth-order valence-electron chi connectivity index (χ4n) is 5.09. The third-order valence-corrected chi connectivity index (χ3v) is 6.80. The molecule has 1 aromatic carbocycles. The molecule has 2 N–H and O–H groups in total.